The number of nitrogens with one attached hydrogen (secondary N) is 1. The zero-order valence-electron chi connectivity index (χ0n) is 12.9. The van der Waals surface area contributed by atoms with Crippen molar-refractivity contribution >= 4 is 11.2 Å². The van der Waals surface area contributed by atoms with Crippen molar-refractivity contribution in [2.45, 2.75) is 32.7 Å². The molecule has 5 nitrogen and oxygen atoms in total. The molecule has 1 aromatic carbocycles. The fourth-order valence-corrected chi connectivity index (χ4v) is 2.96. The Balaban J connectivity index is 1.77. The van der Waals surface area contributed by atoms with E-state index in [0.717, 1.165) is 34.2 Å². The number of aromatic amines is 1. The van der Waals surface area contributed by atoms with Crippen LogP contribution in [0.2, 0.25) is 0 Å². The largest absolute Gasteiger partial charge is 0.493 e. The van der Waals surface area contributed by atoms with Crippen LogP contribution < -0.4 is 4.74 Å². The van der Waals surface area contributed by atoms with E-state index in [9.17, 15) is 0 Å². The number of imidazole rings is 1. The molecule has 1 aliphatic carbocycles. The number of hydrogen-bond acceptors (Lipinski definition) is 3. The SMILES string of the molecule is CCOc1ccccc1-c1nc2c(cnn2C(C)C2CC2)[nH]1. The van der Waals surface area contributed by atoms with Gasteiger partial charge in [0, 0.05) is 0 Å². The minimum Gasteiger partial charge on any atom is -0.493 e. The lowest BCUT2D eigenvalue weighted by molar-refractivity contribution is 0.341. The lowest BCUT2D eigenvalue weighted by Gasteiger charge is -2.10. The first kappa shape index (κ1) is 13.4. The van der Waals surface area contributed by atoms with E-state index in [1.54, 1.807) is 0 Å². The molecule has 0 spiro atoms. The summed E-state index contributed by atoms with van der Waals surface area (Å²) in [5.41, 5.74) is 2.90. The molecule has 114 valence electrons. The zero-order chi connectivity index (χ0) is 15.1. The third kappa shape index (κ3) is 2.17. The Kier molecular flexibility index (Phi) is 3.13. The van der Waals surface area contributed by atoms with Gasteiger partial charge in [-0.2, -0.15) is 5.10 Å². The smallest absolute Gasteiger partial charge is 0.177 e. The van der Waals surface area contributed by atoms with Crippen LogP contribution in [-0.2, 0) is 0 Å². The molecule has 3 aromatic rings. The second-order valence-corrected chi connectivity index (χ2v) is 5.92. The molecular weight excluding hydrogens is 276 g/mol. The zero-order valence-corrected chi connectivity index (χ0v) is 12.9. The number of ether oxygens (including phenoxy) is 1. The van der Waals surface area contributed by atoms with Crippen LogP contribution in [0.15, 0.2) is 30.5 Å². The van der Waals surface area contributed by atoms with Crippen LogP contribution in [0, 0.1) is 5.92 Å². The third-order valence-electron chi connectivity index (χ3n) is 4.37. The van der Waals surface area contributed by atoms with Gasteiger partial charge in [-0.3, -0.25) is 0 Å². The molecule has 0 aliphatic heterocycles. The Morgan fingerprint density at radius 1 is 1.36 bits per heavy atom. The first-order chi connectivity index (χ1) is 10.8. The minimum atomic E-state index is 0.413. The molecule has 1 aliphatic rings. The van der Waals surface area contributed by atoms with Gasteiger partial charge in [-0.25, -0.2) is 9.67 Å². The maximum absolute atomic E-state index is 5.71. The molecule has 0 radical (unpaired) electrons. The van der Waals surface area contributed by atoms with Gasteiger partial charge in [-0.05, 0) is 44.7 Å². The van der Waals surface area contributed by atoms with Crippen molar-refractivity contribution in [1.82, 2.24) is 19.7 Å². The number of fused-ring (bicyclic) bond motifs is 1. The van der Waals surface area contributed by atoms with Crippen LogP contribution >= 0.6 is 0 Å². The number of H-pyrrole nitrogens is 1. The Morgan fingerprint density at radius 3 is 2.95 bits per heavy atom. The summed E-state index contributed by atoms with van der Waals surface area (Å²) >= 11 is 0. The van der Waals surface area contributed by atoms with Crippen molar-refractivity contribution in [3.63, 3.8) is 0 Å². The second kappa shape index (κ2) is 5.16. The summed E-state index contributed by atoms with van der Waals surface area (Å²) in [5, 5.41) is 4.50. The molecule has 0 bridgehead atoms. The summed E-state index contributed by atoms with van der Waals surface area (Å²) in [5.74, 6) is 2.45. The van der Waals surface area contributed by atoms with Gasteiger partial charge in [-0.15, -0.1) is 0 Å². The number of aromatic nitrogens is 4. The number of benzene rings is 1. The van der Waals surface area contributed by atoms with Crippen LogP contribution in [0.1, 0.15) is 32.7 Å². The molecule has 1 saturated carbocycles. The number of nitrogens with zero attached hydrogens (tertiary/aromatic N) is 3. The number of hydrogen-bond donors (Lipinski definition) is 1. The van der Waals surface area contributed by atoms with E-state index in [1.807, 2.05) is 37.4 Å². The molecule has 5 heteroatoms. The predicted molar refractivity (Wildman–Crippen MR) is 85.9 cm³/mol. The van der Waals surface area contributed by atoms with Gasteiger partial charge in [-0.1, -0.05) is 12.1 Å². The fourth-order valence-electron chi connectivity index (χ4n) is 2.96. The summed E-state index contributed by atoms with van der Waals surface area (Å²) < 4.78 is 7.76. The van der Waals surface area contributed by atoms with Gasteiger partial charge in [0.05, 0.1) is 24.4 Å². The fraction of sp³-hybridized carbons (Fsp3) is 0.412. The van der Waals surface area contributed by atoms with Crippen molar-refractivity contribution in [2.75, 3.05) is 6.61 Å². The Hall–Kier alpha value is -2.30. The molecule has 4 rings (SSSR count). The predicted octanol–water partition coefficient (Wildman–Crippen LogP) is 3.80. The topological polar surface area (TPSA) is 55.7 Å². The van der Waals surface area contributed by atoms with Crippen LogP contribution in [0.5, 0.6) is 5.75 Å². The monoisotopic (exact) mass is 296 g/mol. The summed E-state index contributed by atoms with van der Waals surface area (Å²) in [6, 6.07) is 8.41. The Bertz CT molecular complexity index is 800. The highest BCUT2D eigenvalue weighted by molar-refractivity contribution is 5.77. The highest BCUT2D eigenvalue weighted by Crippen LogP contribution is 2.40. The average Bonchev–Trinajstić information content (AvgIpc) is 3.18. The molecule has 0 saturated heterocycles. The maximum atomic E-state index is 5.71. The van der Waals surface area contributed by atoms with Crippen LogP contribution in [0.4, 0.5) is 0 Å². The van der Waals surface area contributed by atoms with Crippen LogP contribution in [0.25, 0.3) is 22.6 Å². The van der Waals surface area contributed by atoms with Gasteiger partial charge >= 0.3 is 0 Å². The van der Waals surface area contributed by atoms with E-state index in [1.165, 1.54) is 12.8 Å². The summed E-state index contributed by atoms with van der Waals surface area (Å²) in [7, 11) is 0. The molecule has 22 heavy (non-hydrogen) atoms. The van der Waals surface area contributed by atoms with Crippen molar-refractivity contribution in [2.24, 2.45) is 5.92 Å². The van der Waals surface area contributed by atoms with Crippen LogP contribution in [0.3, 0.4) is 0 Å². The maximum Gasteiger partial charge on any atom is 0.177 e. The van der Waals surface area contributed by atoms with Gasteiger partial charge in [0.1, 0.15) is 17.1 Å². The third-order valence-corrected chi connectivity index (χ3v) is 4.37. The second-order valence-electron chi connectivity index (χ2n) is 5.92. The molecular formula is C17H20N4O. The van der Waals surface area contributed by atoms with E-state index < -0.39 is 0 Å². The normalized spacial score (nSPS) is 16.1. The van der Waals surface area contributed by atoms with Crippen molar-refractivity contribution in [1.29, 1.82) is 0 Å². The highest BCUT2D eigenvalue weighted by atomic mass is 16.5. The summed E-state index contributed by atoms with van der Waals surface area (Å²) in [4.78, 5) is 8.15. The standard InChI is InChI=1S/C17H20N4O/c1-3-22-15-7-5-4-6-13(15)16-19-14-10-18-21(17(14)20-16)11(2)12-8-9-12/h4-7,10-12H,3,8-9H2,1-2H3,(H,19,20). The van der Waals surface area contributed by atoms with Gasteiger partial charge in [0.15, 0.2) is 5.65 Å². The lowest BCUT2D eigenvalue weighted by atomic mass is 10.2. The molecule has 1 fully saturated rings. The Labute approximate surface area is 129 Å². The molecule has 1 N–H and O–H groups in total. The van der Waals surface area contributed by atoms with E-state index in [-0.39, 0.29) is 0 Å². The van der Waals surface area contributed by atoms with Gasteiger partial charge in [0.25, 0.3) is 0 Å². The Morgan fingerprint density at radius 2 is 2.18 bits per heavy atom. The van der Waals surface area contributed by atoms with Crippen molar-refractivity contribution in [3.8, 4) is 17.1 Å². The van der Waals surface area contributed by atoms with E-state index in [4.69, 9.17) is 9.72 Å². The van der Waals surface area contributed by atoms with Crippen LogP contribution in [-0.4, -0.2) is 26.4 Å². The molecule has 0 amide bonds. The highest BCUT2D eigenvalue weighted by Gasteiger charge is 2.31. The summed E-state index contributed by atoms with van der Waals surface area (Å²) in [6.07, 6.45) is 4.47. The first-order valence-electron chi connectivity index (χ1n) is 7.93. The molecule has 2 aromatic heterocycles. The quantitative estimate of drug-likeness (QED) is 0.779. The number of para-hydroxylation sites is 1. The van der Waals surface area contributed by atoms with E-state index in [2.05, 4.69) is 21.7 Å². The number of rotatable bonds is 5. The van der Waals surface area contributed by atoms with Crippen molar-refractivity contribution in [3.05, 3.63) is 30.5 Å². The molecule has 1 unspecified atom stereocenters. The van der Waals surface area contributed by atoms with Crippen molar-refractivity contribution < 1.29 is 4.74 Å². The van der Waals surface area contributed by atoms with E-state index in [0.29, 0.717) is 12.6 Å². The first-order valence-corrected chi connectivity index (χ1v) is 7.93. The molecule has 1 atom stereocenters. The minimum absolute atomic E-state index is 0.413. The average molecular weight is 296 g/mol. The molecule has 2 heterocycles. The lowest BCUT2D eigenvalue weighted by Crippen LogP contribution is -2.08. The van der Waals surface area contributed by atoms with Gasteiger partial charge < -0.3 is 9.72 Å². The summed E-state index contributed by atoms with van der Waals surface area (Å²) in [6.45, 7) is 4.86. The van der Waals surface area contributed by atoms with Gasteiger partial charge in [0.2, 0.25) is 0 Å². The van der Waals surface area contributed by atoms with E-state index >= 15 is 0 Å².